The smallest absolute Gasteiger partial charge is 0.347 e. The Morgan fingerprint density at radius 2 is 1.71 bits per heavy atom. The summed E-state index contributed by atoms with van der Waals surface area (Å²) in [5, 5.41) is 3.08. The zero-order valence-electron chi connectivity index (χ0n) is 10.4. The molecule has 17 heavy (non-hydrogen) atoms. The molecule has 0 atom stereocenters. The summed E-state index contributed by atoms with van der Waals surface area (Å²) in [6.45, 7) is 4.68. The number of esters is 2. The Morgan fingerprint density at radius 1 is 1.12 bits per heavy atom. The van der Waals surface area contributed by atoms with E-state index in [1.807, 2.05) is 0 Å². The first-order chi connectivity index (χ1) is 8.20. The number of carbonyl (C=O) groups excluding carboxylic acids is 2. The van der Waals surface area contributed by atoms with Crippen LogP contribution in [-0.2, 0) is 19.1 Å². The molecule has 0 radical (unpaired) electrons. The number of piperidine rings is 1. The SMILES string of the molecule is CCOC(=O)C(C(=O)OCC)=C1CCCCN1. The van der Waals surface area contributed by atoms with Crippen LogP contribution in [0, 0.1) is 0 Å². The second-order valence-corrected chi connectivity index (χ2v) is 3.68. The predicted octanol–water partition coefficient (Wildman–Crippen LogP) is 1.14. The maximum atomic E-state index is 11.7. The Balaban J connectivity index is 2.91. The lowest BCUT2D eigenvalue weighted by molar-refractivity contribution is -0.146. The van der Waals surface area contributed by atoms with E-state index in [1.54, 1.807) is 13.8 Å². The highest BCUT2D eigenvalue weighted by molar-refractivity contribution is 6.14. The second kappa shape index (κ2) is 6.93. The molecule has 5 heteroatoms. The normalized spacial score (nSPS) is 14.8. The van der Waals surface area contributed by atoms with Gasteiger partial charge in [0.25, 0.3) is 0 Å². The fourth-order valence-corrected chi connectivity index (χ4v) is 1.70. The molecule has 0 aromatic rings. The van der Waals surface area contributed by atoms with Crippen LogP contribution in [0.3, 0.4) is 0 Å². The van der Waals surface area contributed by atoms with Crippen molar-refractivity contribution in [3.05, 3.63) is 11.3 Å². The molecule has 1 aliphatic heterocycles. The van der Waals surface area contributed by atoms with Crippen molar-refractivity contribution < 1.29 is 19.1 Å². The molecule has 1 N–H and O–H groups in total. The summed E-state index contributed by atoms with van der Waals surface area (Å²) in [5.41, 5.74) is 0.668. The van der Waals surface area contributed by atoms with Crippen LogP contribution in [0.25, 0.3) is 0 Å². The largest absolute Gasteiger partial charge is 0.462 e. The first-order valence-corrected chi connectivity index (χ1v) is 6.02. The van der Waals surface area contributed by atoms with Gasteiger partial charge in [0.05, 0.1) is 13.2 Å². The number of nitrogens with one attached hydrogen (secondary N) is 1. The van der Waals surface area contributed by atoms with E-state index >= 15 is 0 Å². The Morgan fingerprint density at radius 3 is 2.12 bits per heavy atom. The van der Waals surface area contributed by atoms with E-state index in [-0.39, 0.29) is 18.8 Å². The van der Waals surface area contributed by atoms with Crippen LogP contribution in [0.1, 0.15) is 33.1 Å². The van der Waals surface area contributed by atoms with Gasteiger partial charge >= 0.3 is 11.9 Å². The lowest BCUT2D eigenvalue weighted by Crippen LogP contribution is -2.28. The molecule has 0 aliphatic carbocycles. The lowest BCUT2D eigenvalue weighted by atomic mass is 10.0. The zero-order valence-corrected chi connectivity index (χ0v) is 10.4. The van der Waals surface area contributed by atoms with Crippen molar-refractivity contribution in [3.8, 4) is 0 Å². The lowest BCUT2D eigenvalue weighted by Gasteiger charge is -2.19. The summed E-state index contributed by atoms with van der Waals surface area (Å²) < 4.78 is 9.77. The molecule has 1 fully saturated rings. The molecular formula is C12H19NO4. The van der Waals surface area contributed by atoms with Gasteiger partial charge in [-0.25, -0.2) is 9.59 Å². The molecule has 0 bridgehead atoms. The van der Waals surface area contributed by atoms with Gasteiger partial charge in [-0.2, -0.15) is 0 Å². The zero-order chi connectivity index (χ0) is 12.7. The van der Waals surface area contributed by atoms with E-state index in [1.165, 1.54) is 0 Å². The molecule has 5 nitrogen and oxygen atoms in total. The minimum absolute atomic E-state index is 0.0217. The second-order valence-electron chi connectivity index (χ2n) is 3.68. The number of hydrogen-bond acceptors (Lipinski definition) is 5. The molecule has 0 aromatic carbocycles. The highest BCUT2D eigenvalue weighted by Gasteiger charge is 2.26. The molecule has 0 spiro atoms. The standard InChI is InChI=1S/C12H19NO4/c1-3-16-11(14)10(12(15)17-4-2)9-7-5-6-8-13-9/h13H,3-8H2,1-2H3. The van der Waals surface area contributed by atoms with Crippen molar-refractivity contribution in [2.24, 2.45) is 0 Å². The van der Waals surface area contributed by atoms with Crippen LogP contribution in [0.5, 0.6) is 0 Å². The molecule has 1 rings (SSSR count). The van der Waals surface area contributed by atoms with E-state index < -0.39 is 11.9 Å². The van der Waals surface area contributed by atoms with Crippen molar-refractivity contribution in [1.29, 1.82) is 0 Å². The molecule has 96 valence electrons. The summed E-state index contributed by atoms with van der Waals surface area (Å²) in [6.07, 6.45) is 2.69. The van der Waals surface area contributed by atoms with Gasteiger partial charge in [0.15, 0.2) is 5.57 Å². The van der Waals surface area contributed by atoms with Crippen LogP contribution in [0.15, 0.2) is 11.3 Å². The third-order valence-electron chi connectivity index (χ3n) is 2.45. The maximum Gasteiger partial charge on any atom is 0.347 e. The molecule has 0 saturated carbocycles. The third-order valence-corrected chi connectivity index (χ3v) is 2.45. The summed E-state index contributed by atoms with van der Waals surface area (Å²) in [7, 11) is 0. The van der Waals surface area contributed by atoms with Gasteiger partial charge in [-0.1, -0.05) is 0 Å². The van der Waals surface area contributed by atoms with Crippen molar-refractivity contribution in [1.82, 2.24) is 5.32 Å². The van der Waals surface area contributed by atoms with Gasteiger partial charge in [0, 0.05) is 12.2 Å². The van der Waals surface area contributed by atoms with E-state index in [4.69, 9.17) is 9.47 Å². The number of hydrogen-bond donors (Lipinski definition) is 1. The minimum Gasteiger partial charge on any atom is -0.462 e. The molecule has 0 unspecified atom stereocenters. The van der Waals surface area contributed by atoms with Crippen molar-refractivity contribution in [2.45, 2.75) is 33.1 Å². The Labute approximate surface area is 101 Å². The maximum absolute atomic E-state index is 11.7. The number of carbonyl (C=O) groups is 2. The van der Waals surface area contributed by atoms with Gasteiger partial charge in [-0.05, 0) is 33.1 Å². The predicted molar refractivity (Wildman–Crippen MR) is 62.1 cm³/mol. The van der Waals surface area contributed by atoms with Gasteiger partial charge in [-0.15, -0.1) is 0 Å². The van der Waals surface area contributed by atoms with Gasteiger partial charge in [-0.3, -0.25) is 0 Å². The van der Waals surface area contributed by atoms with Gasteiger partial charge in [0.2, 0.25) is 0 Å². The number of allylic oxidation sites excluding steroid dienone is 1. The van der Waals surface area contributed by atoms with Gasteiger partial charge in [0.1, 0.15) is 0 Å². The quantitative estimate of drug-likeness (QED) is 0.346. The number of ether oxygens (including phenoxy) is 2. The van der Waals surface area contributed by atoms with Crippen molar-refractivity contribution in [3.63, 3.8) is 0 Å². The Kier molecular flexibility index (Phi) is 5.52. The molecular weight excluding hydrogens is 222 g/mol. The monoisotopic (exact) mass is 241 g/mol. The fourth-order valence-electron chi connectivity index (χ4n) is 1.70. The fraction of sp³-hybridized carbons (Fsp3) is 0.667. The highest BCUT2D eigenvalue weighted by atomic mass is 16.6. The first-order valence-electron chi connectivity index (χ1n) is 6.02. The topological polar surface area (TPSA) is 64.6 Å². The molecule has 0 amide bonds. The van der Waals surface area contributed by atoms with E-state index in [9.17, 15) is 9.59 Å². The van der Waals surface area contributed by atoms with Crippen LogP contribution in [0.2, 0.25) is 0 Å². The van der Waals surface area contributed by atoms with Crippen LogP contribution in [0.4, 0.5) is 0 Å². The highest BCUT2D eigenvalue weighted by Crippen LogP contribution is 2.17. The average molecular weight is 241 g/mol. The minimum atomic E-state index is -0.602. The van der Waals surface area contributed by atoms with Crippen LogP contribution >= 0.6 is 0 Å². The Bertz CT molecular complexity index is 294. The van der Waals surface area contributed by atoms with Crippen molar-refractivity contribution >= 4 is 11.9 Å². The van der Waals surface area contributed by atoms with Gasteiger partial charge < -0.3 is 14.8 Å². The van der Waals surface area contributed by atoms with Crippen molar-refractivity contribution in [2.75, 3.05) is 19.8 Å². The Hall–Kier alpha value is -1.52. The van der Waals surface area contributed by atoms with E-state index in [2.05, 4.69) is 5.32 Å². The summed E-state index contributed by atoms with van der Waals surface area (Å²) in [4.78, 5) is 23.5. The summed E-state index contributed by atoms with van der Waals surface area (Å²) in [6, 6.07) is 0. The van der Waals surface area contributed by atoms with Crippen LogP contribution < -0.4 is 5.32 Å². The summed E-state index contributed by atoms with van der Waals surface area (Å²) >= 11 is 0. The summed E-state index contributed by atoms with van der Waals surface area (Å²) in [5.74, 6) is -1.20. The molecule has 0 aromatic heterocycles. The first kappa shape index (κ1) is 13.5. The van der Waals surface area contributed by atoms with Crippen LogP contribution in [-0.4, -0.2) is 31.7 Å². The average Bonchev–Trinajstić information content (AvgIpc) is 2.31. The molecule has 1 aliphatic rings. The third kappa shape index (κ3) is 3.76. The number of rotatable bonds is 4. The van der Waals surface area contributed by atoms with E-state index in [0.29, 0.717) is 12.1 Å². The van der Waals surface area contributed by atoms with E-state index in [0.717, 1.165) is 19.4 Å². The molecule has 1 heterocycles. The molecule has 1 saturated heterocycles.